The third-order valence-electron chi connectivity index (χ3n) is 6.26. The fraction of sp³-hybridized carbons (Fsp3) is 0.586. The summed E-state index contributed by atoms with van der Waals surface area (Å²) >= 11 is 0. The van der Waals surface area contributed by atoms with E-state index in [0.29, 0.717) is 6.04 Å². The average molecular weight is 457 g/mol. The fourth-order valence-electron chi connectivity index (χ4n) is 3.94. The van der Waals surface area contributed by atoms with Crippen LogP contribution in [0.2, 0.25) is 0 Å². The summed E-state index contributed by atoms with van der Waals surface area (Å²) in [5.74, 6) is 2.48. The minimum Gasteiger partial charge on any atom is -0.497 e. The van der Waals surface area contributed by atoms with E-state index in [-0.39, 0.29) is 6.73 Å². The molecule has 4 rings (SSSR count). The molecule has 0 radical (unpaired) electrons. The summed E-state index contributed by atoms with van der Waals surface area (Å²) in [6, 6.07) is 10.3. The number of methoxy groups -OCH3 is 1. The van der Waals surface area contributed by atoms with Crippen molar-refractivity contribution in [1.82, 2.24) is 10.2 Å². The SMILES string of the molecule is CC.CC1CC=CC2=C1C=CCC2.CCN(C)CCC1CC1NCO.COc1ccccc1. The van der Waals surface area contributed by atoms with Gasteiger partial charge in [-0.25, -0.2) is 0 Å². The van der Waals surface area contributed by atoms with Gasteiger partial charge < -0.3 is 14.7 Å². The predicted octanol–water partition coefficient (Wildman–Crippen LogP) is 6.21. The number of ether oxygens (including phenoxy) is 1. The fourth-order valence-corrected chi connectivity index (χ4v) is 3.94. The van der Waals surface area contributed by atoms with Crippen LogP contribution in [0.5, 0.6) is 5.75 Å². The Kier molecular flexibility index (Phi) is 15.5. The highest BCUT2D eigenvalue weighted by Gasteiger charge is 2.35. The summed E-state index contributed by atoms with van der Waals surface area (Å²) in [6.07, 6.45) is 15.5. The van der Waals surface area contributed by atoms with Crippen LogP contribution in [0.1, 0.15) is 59.8 Å². The van der Waals surface area contributed by atoms with Crippen LogP contribution in [0.15, 0.2) is 65.8 Å². The van der Waals surface area contributed by atoms with Crippen molar-refractivity contribution in [2.24, 2.45) is 11.8 Å². The third kappa shape index (κ3) is 11.7. The van der Waals surface area contributed by atoms with Crippen molar-refractivity contribution < 1.29 is 9.84 Å². The van der Waals surface area contributed by atoms with Gasteiger partial charge >= 0.3 is 0 Å². The van der Waals surface area contributed by atoms with Crippen LogP contribution in [0.25, 0.3) is 0 Å². The number of hydrogen-bond donors (Lipinski definition) is 2. The first kappa shape index (κ1) is 29.2. The van der Waals surface area contributed by atoms with E-state index < -0.39 is 0 Å². The number of allylic oxidation sites excluding steroid dienone is 6. The van der Waals surface area contributed by atoms with Crippen LogP contribution in [-0.2, 0) is 0 Å². The summed E-state index contributed by atoms with van der Waals surface area (Å²) in [6.45, 7) is 10.9. The van der Waals surface area contributed by atoms with E-state index in [0.717, 1.165) is 24.1 Å². The second-order valence-corrected chi connectivity index (χ2v) is 8.63. The molecule has 0 heterocycles. The molecule has 3 atom stereocenters. The largest absolute Gasteiger partial charge is 0.497 e. The first-order valence-electron chi connectivity index (χ1n) is 12.8. The zero-order valence-corrected chi connectivity index (χ0v) is 21.9. The number of nitrogens with one attached hydrogen (secondary N) is 1. The van der Waals surface area contributed by atoms with Gasteiger partial charge in [0, 0.05) is 6.04 Å². The average Bonchev–Trinajstić information content (AvgIpc) is 3.63. The Morgan fingerprint density at radius 3 is 2.42 bits per heavy atom. The van der Waals surface area contributed by atoms with Crippen molar-refractivity contribution in [2.45, 2.75) is 65.8 Å². The van der Waals surface area contributed by atoms with E-state index in [1.165, 1.54) is 38.6 Å². The van der Waals surface area contributed by atoms with Crippen molar-refractivity contribution in [3.05, 3.63) is 65.8 Å². The van der Waals surface area contributed by atoms with Gasteiger partial charge in [-0.3, -0.25) is 5.32 Å². The molecule has 4 nitrogen and oxygen atoms in total. The number of para-hydroxylation sites is 1. The molecular formula is C29H48N2O2. The van der Waals surface area contributed by atoms with Gasteiger partial charge in [0.2, 0.25) is 0 Å². The Hall–Kier alpha value is -1.88. The van der Waals surface area contributed by atoms with Gasteiger partial charge in [-0.05, 0) is 87.4 Å². The number of nitrogens with zero attached hydrogens (tertiary/aromatic N) is 1. The molecule has 0 aromatic heterocycles. The van der Waals surface area contributed by atoms with Gasteiger partial charge in [0.15, 0.2) is 0 Å². The molecule has 0 spiro atoms. The zero-order chi connectivity index (χ0) is 24.5. The van der Waals surface area contributed by atoms with Crippen LogP contribution < -0.4 is 10.1 Å². The van der Waals surface area contributed by atoms with Crippen molar-refractivity contribution in [1.29, 1.82) is 0 Å². The highest BCUT2D eigenvalue weighted by Crippen LogP contribution is 2.33. The molecule has 186 valence electrons. The van der Waals surface area contributed by atoms with E-state index in [1.807, 2.05) is 44.2 Å². The first-order valence-corrected chi connectivity index (χ1v) is 12.8. The maximum atomic E-state index is 8.60. The van der Waals surface area contributed by atoms with E-state index >= 15 is 0 Å². The number of aliphatic hydroxyl groups excluding tert-OH is 1. The van der Waals surface area contributed by atoms with Crippen molar-refractivity contribution in [2.75, 3.05) is 34.0 Å². The predicted molar refractivity (Wildman–Crippen MR) is 143 cm³/mol. The van der Waals surface area contributed by atoms with Crippen LogP contribution >= 0.6 is 0 Å². The molecule has 1 fully saturated rings. The molecule has 1 aromatic rings. The van der Waals surface area contributed by atoms with Gasteiger partial charge in [0.25, 0.3) is 0 Å². The maximum absolute atomic E-state index is 8.60. The quantitative estimate of drug-likeness (QED) is 0.479. The van der Waals surface area contributed by atoms with Crippen LogP contribution in [0, 0.1) is 11.8 Å². The second kappa shape index (κ2) is 17.6. The van der Waals surface area contributed by atoms with E-state index in [1.54, 1.807) is 18.3 Å². The van der Waals surface area contributed by atoms with Gasteiger partial charge in [-0.15, -0.1) is 0 Å². The summed E-state index contributed by atoms with van der Waals surface area (Å²) < 4.78 is 4.91. The topological polar surface area (TPSA) is 44.7 Å². The van der Waals surface area contributed by atoms with Crippen LogP contribution in [-0.4, -0.2) is 50.0 Å². The number of aliphatic hydroxyl groups is 1. The van der Waals surface area contributed by atoms with Crippen LogP contribution in [0.3, 0.4) is 0 Å². The highest BCUT2D eigenvalue weighted by molar-refractivity contribution is 5.40. The zero-order valence-electron chi connectivity index (χ0n) is 21.9. The van der Waals surface area contributed by atoms with Gasteiger partial charge in [-0.1, -0.05) is 70.2 Å². The smallest absolute Gasteiger partial charge is 0.118 e. The lowest BCUT2D eigenvalue weighted by Gasteiger charge is -2.22. The molecule has 3 unspecified atom stereocenters. The summed E-state index contributed by atoms with van der Waals surface area (Å²) in [7, 11) is 3.81. The lowest BCUT2D eigenvalue weighted by atomic mass is 9.84. The lowest BCUT2D eigenvalue weighted by Crippen LogP contribution is -2.22. The van der Waals surface area contributed by atoms with Crippen molar-refractivity contribution >= 4 is 0 Å². The number of rotatable bonds is 7. The van der Waals surface area contributed by atoms with E-state index in [4.69, 9.17) is 9.84 Å². The molecular weight excluding hydrogens is 408 g/mol. The maximum Gasteiger partial charge on any atom is 0.118 e. The summed E-state index contributed by atoms with van der Waals surface area (Å²) in [5, 5.41) is 11.6. The molecule has 3 aliphatic rings. The van der Waals surface area contributed by atoms with Crippen molar-refractivity contribution in [3.63, 3.8) is 0 Å². The summed E-state index contributed by atoms with van der Waals surface area (Å²) in [5.41, 5.74) is 3.16. The number of benzene rings is 1. The van der Waals surface area contributed by atoms with E-state index in [2.05, 4.69) is 55.4 Å². The minimum atomic E-state index is 0.130. The van der Waals surface area contributed by atoms with Gasteiger partial charge in [-0.2, -0.15) is 0 Å². The Labute approximate surface area is 203 Å². The molecule has 1 saturated carbocycles. The Morgan fingerprint density at radius 2 is 1.85 bits per heavy atom. The first-order chi connectivity index (χ1) is 16.1. The monoisotopic (exact) mass is 456 g/mol. The number of hydrogen-bond acceptors (Lipinski definition) is 4. The molecule has 4 heteroatoms. The van der Waals surface area contributed by atoms with Gasteiger partial charge in [0.1, 0.15) is 5.75 Å². The Balaban J connectivity index is 0.000000242. The normalized spacial score (nSPS) is 22.1. The third-order valence-corrected chi connectivity index (χ3v) is 6.26. The Bertz CT molecular complexity index is 712. The highest BCUT2D eigenvalue weighted by atomic mass is 16.5. The standard InChI is InChI=1S/C11H14.C9H20N2O.C7H8O.C2H6/c1-9-5-4-7-10-6-2-3-8-11(9)10;1-3-11(2)5-4-8-6-9(8)10-7-12;1-8-7-5-3-2-4-6-7;1-2/h3-4,7-9H,2,5-6H2,1H3;8-10,12H,3-7H2,1-2H3;2-6H,1H3;1-2H3. The summed E-state index contributed by atoms with van der Waals surface area (Å²) in [4.78, 5) is 2.33. The van der Waals surface area contributed by atoms with Crippen molar-refractivity contribution in [3.8, 4) is 5.75 Å². The molecule has 0 saturated heterocycles. The minimum absolute atomic E-state index is 0.130. The van der Waals surface area contributed by atoms with Gasteiger partial charge in [0.05, 0.1) is 13.8 Å². The molecule has 0 bridgehead atoms. The molecule has 0 amide bonds. The molecule has 1 aromatic carbocycles. The second-order valence-electron chi connectivity index (χ2n) is 8.63. The molecule has 33 heavy (non-hydrogen) atoms. The lowest BCUT2D eigenvalue weighted by molar-refractivity contribution is 0.254. The van der Waals surface area contributed by atoms with Crippen LogP contribution in [0.4, 0.5) is 0 Å². The molecule has 3 aliphatic carbocycles. The molecule has 2 N–H and O–H groups in total. The van der Waals surface area contributed by atoms with E-state index in [9.17, 15) is 0 Å². The molecule has 0 aliphatic heterocycles. The Morgan fingerprint density at radius 1 is 1.12 bits per heavy atom.